The summed E-state index contributed by atoms with van der Waals surface area (Å²) in [5.74, 6) is -0.115. The first-order valence-corrected chi connectivity index (χ1v) is 5.91. The molecule has 0 atom stereocenters. The molecule has 7 heteroatoms. The van der Waals surface area contributed by atoms with Crippen molar-refractivity contribution in [3.63, 3.8) is 0 Å². The average molecular weight is 275 g/mol. The van der Waals surface area contributed by atoms with E-state index in [4.69, 9.17) is 4.42 Å². The third-order valence-electron chi connectivity index (χ3n) is 2.51. The number of hydrogen-bond acceptors (Lipinski definition) is 4. The van der Waals surface area contributed by atoms with Crippen LogP contribution in [0.4, 0.5) is 0 Å². The second-order valence-corrected chi connectivity index (χ2v) is 3.99. The first-order valence-electron chi connectivity index (χ1n) is 5.91. The van der Waals surface area contributed by atoms with Gasteiger partial charge >= 0.3 is 0 Å². The Balaban J connectivity index is 1.75. The fourth-order valence-corrected chi connectivity index (χ4v) is 1.49. The molecule has 2 aromatic rings. The Morgan fingerprint density at radius 1 is 1.20 bits per heavy atom. The van der Waals surface area contributed by atoms with Crippen molar-refractivity contribution in [2.24, 2.45) is 0 Å². The molecule has 2 heterocycles. The molecule has 104 valence electrons. The summed E-state index contributed by atoms with van der Waals surface area (Å²) in [6, 6.07) is 6.22. The zero-order valence-corrected chi connectivity index (χ0v) is 10.5. The molecule has 0 bridgehead atoms. The van der Waals surface area contributed by atoms with E-state index in [2.05, 4.69) is 10.6 Å². The number of hydrogen-bond donors (Lipinski definition) is 2. The molecule has 0 saturated carbocycles. The molecule has 0 radical (unpaired) electrons. The highest BCUT2D eigenvalue weighted by Crippen LogP contribution is 1.98. The van der Waals surface area contributed by atoms with Crippen LogP contribution in [0.2, 0.25) is 0 Å². The molecule has 0 aromatic carbocycles. The molecule has 0 aliphatic carbocycles. The molecule has 2 rings (SSSR count). The lowest BCUT2D eigenvalue weighted by Gasteiger charge is -2.05. The van der Waals surface area contributed by atoms with Gasteiger partial charge in [-0.3, -0.25) is 9.59 Å². The van der Waals surface area contributed by atoms with Crippen molar-refractivity contribution in [1.82, 2.24) is 10.6 Å². The van der Waals surface area contributed by atoms with Crippen molar-refractivity contribution < 1.29 is 18.7 Å². The first-order chi connectivity index (χ1) is 9.65. The highest BCUT2D eigenvalue weighted by atomic mass is 16.5. The van der Waals surface area contributed by atoms with Crippen LogP contribution in [0, 0.1) is 5.21 Å². The SMILES string of the molecule is O=C(CNC(=O)c1cc[n+]([O-])cc1)NCc1ccco1. The van der Waals surface area contributed by atoms with Gasteiger partial charge in [-0.05, 0) is 12.1 Å². The second kappa shape index (κ2) is 6.37. The fourth-order valence-electron chi connectivity index (χ4n) is 1.49. The number of carbonyl (C=O) groups excluding carboxylic acids is 2. The van der Waals surface area contributed by atoms with Crippen LogP contribution in [0.1, 0.15) is 16.1 Å². The number of nitrogens with zero attached hydrogens (tertiary/aromatic N) is 1. The number of aromatic nitrogens is 1. The number of nitrogens with one attached hydrogen (secondary N) is 2. The molecule has 0 saturated heterocycles. The van der Waals surface area contributed by atoms with Crippen LogP contribution in [-0.4, -0.2) is 18.4 Å². The van der Waals surface area contributed by atoms with Crippen molar-refractivity contribution in [2.75, 3.05) is 6.54 Å². The number of carbonyl (C=O) groups is 2. The summed E-state index contributed by atoms with van der Waals surface area (Å²) in [5.41, 5.74) is 0.316. The monoisotopic (exact) mass is 275 g/mol. The smallest absolute Gasteiger partial charge is 0.252 e. The van der Waals surface area contributed by atoms with Crippen molar-refractivity contribution in [2.45, 2.75) is 6.54 Å². The summed E-state index contributed by atoms with van der Waals surface area (Å²) >= 11 is 0. The van der Waals surface area contributed by atoms with E-state index in [9.17, 15) is 14.8 Å². The van der Waals surface area contributed by atoms with Gasteiger partial charge in [0.1, 0.15) is 5.76 Å². The third kappa shape index (κ3) is 3.84. The van der Waals surface area contributed by atoms with E-state index in [0.29, 0.717) is 16.1 Å². The van der Waals surface area contributed by atoms with E-state index in [1.54, 1.807) is 12.1 Å². The Hall–Kier alpha value is -2.83. The van der Waals surface area contributed by atoms with Crippen LogP contribution in [-0.2, 0) is 11.3 Å². The first kappa shape index (κ1) is 13.6. The summed E-state index contributed by atoms with van der Waals surface area (Å²) < 4.78 is 5.63. The molecule has 2 amide bonds. The van der Waals surface area contributed by atoms with E-state index in [1.165, 1.54) is 30.8 Å². The number of furan rings is 1. The lowest BCUT2D eigenvalue weighted by atomic mass is 10.2. The quantitative estimate of drug-likeness (QED) is 0.591. The summed E-state index contributed by atoms with van der Waals surface area (Å²) in [5, 5.41) is 15.9. The van der Waals surface area contributed by atoms with Gasteiger partial charge < -0.3 is 20.3 Å². The topological polar surface area (TPSA) is 98.3 Å². The number of rotatable bonds is 5. The van der Waals surface area contributed by atoms with Gasteiger partial charge in [0.05, 0.1) is 24.9 Å². The average Bonchev–Trinajstić information content (AvgIpc) is 2.96. The summed E-state index contributed by atoms with van der Waals surface area (Å²) in [6.45, 7) is 0.120. The fraction of sp³-hybridized carbons (Fsp3) is 0.154. The van der Waals surface area contributed by atoms with Crippen LogP contribution in [0.3, 0.4) is 0 Å². The van der Waals surface area contributed by atoms with Gasteiger partial charge in [0, 0.05) is 12.1 Å². The van der Waals surface area contributed by atoms with Gasteiger partial charge in [0.25, 0.3) is 5.91 Å². The van der Waals surface area contributed by atoms with E-state index in [1.807, 2.05) is 0 Å². The highest BCUT2D eigenvalue weighted by molar-refractivity contribution is 5.96. The molecule has 0 unspecified atom stereocenters. The van der Waals surface area contributed by atoms with Gasteiger partial charge in [0.2, 0.25) is 5.91 Å². The van der Waals surface area contributed by atoms with Crippen LogP contribution < -0.4 is 15.4 Å². The number of amides is 2. The predicted molar refractivity (Wildman–Crippen MR) is 68.3 cm³/mol. The zero-order valence-electron chi connectivity index (χ0n) is 10.5. The molecule has 0 aliphatic heterocycles. The summed E-state index contributed by atoms with van der Waals surface area (Å²) in [6.07, 6.45) is 3.94. The third-order valence-corrected chi connectivity index (χ3v) is 2.51. The Morgan fingerprint density at radius 2 is 1.95 bits per heavy atom. The van der Waals surface area contributed by atoms with Crippen LogP contribution >= 0.6 is 0 Å². The van der Waals surface area contributed by atoms with Crippen molar-refractivity contribution in [1.29, 1.82) is 0 Å². The molecule has 0 aliphatic rings. The van der Waals surface area contributed by atoms with Gasteiger partial charge in [-0.15, -0.1) is 0 Å². The van der Waals surface area contributed by atoms with Crippen LogP contribution in [0.5, 0.6) is 0 Å². The molecular weight excluding hydrogens is 262 g/mol. The summed E-state index contributed by atoms with van der Waals surface area (Å²) in [4.78, 5) is 23.2. The molecule has 0 fully saturated rings. The minimum atomic E-state index is -0.418. The summed E-state index contributed by atoms with van der Waals surface area (Å²) in [7, 11) is 0. The molecule has 0 spiro atoms. The Morgan fingerprint density at radius 3 is 2.60 bits per heavy atom. The molecule has 20 heavy (non-hydrogen) atoms. The Bertz CT molecular complexity index is 578. The maximum Gasteiger partial charge on any atom is 0.252 e. The lowest BCUT2D eigenvalue weighted by molar-refractivity contribution is -0.605. The predicted octanol–water partition coefficient (Wildman–Crippen LogP) is -0.0408. The van der Waals surface area contributed by atoms with E-state index < -0.39 is 5.91 Å². The van der Waals surface area contributed by atoms with Crippen molar-refractivity contribution >= 4 is 11.8 Å². The second-order valence-electron chi connectivity index (χ2n) is 3.99. The van der Waals surface area contributed by atoms with E-state index in [0.717, 1.165) is 0 Å². The zero-order chi connectivity index (χ0) is 14.4. The lowest BCUT2D eigenvalue weighted by Crippen LogP contribution is -2.37. The van der Waals surface area contributed by atoms with Crippen LogP contribution in [0.15, 0.2) is 47.3 Å². The number of pyridine rings is 1. The van der Waals surface area contributed by atoms with Crippen LogP contribution in [0.25, 0.3) is 0 Å². The largest absolute Gasteiger partial charge is 0.619 e. The standard InChI is InChI=1S/C13H13N3O4/c17-12(14-8-11-2-1-7-20-11)9-15-13(18)10-3-5-16(19)6-4-10/h1-7H,8-9H2,(H,14,17)(H,15,18). The minimum absolute atomic E-state index is 0.147. The van der Waals surface area contributed by atoms with Gasteiger partial charge in [-0.25, -0.2) is 0 Å². The van der Waals surface area contributed by atoms with Gasteiger partial charge in [-0.2, -0.15) is 4.73 Å². The van der Waals surface area contributed by atoms with Crippen molar-refractivity contribution in [3.8, 4) is 0 Å². The Kier molecular flexibility index (Phi) is 4.33. The minimum Gasteiger partial charge on any atom is -0.619 e. The van der Waals surface area contributed by atoms with Gasteiger partial charge in [-0.1, -0.05) is 0 Å². The Labute approximate surface area is 114 Å². The molecule has 2 aromatic heterocycles. The van der Waals surface area contributed by atoms with Crippen molar-refractivity contribution in [3.05, 3.63) is 59.5 Å². The van der Waals surface area contributed by atoms with Gasteiger partial charge in [0.15, 0.2) is 12.4 Å². The van der Waals surface area contributed by atoms with E-state index >= 15 is 0 Å². The maximum atomic E-state index is 11.7. The van der Waals surface area contributed by atoms with E-state index in [-0.39, 0.29) is 19.0 Å². The molecular formula is C13H13N3O4. The normalized spacial score (nSPS) is 10.0. The highest BCUT2D eigenvalue weighted by Gasteiger charge is 2.09. The maximum absolute atomic E-state index is 11.7. The molecule has 7 nitrogen and oxygen atoms in total. The molecule has 2 N–H and O–H groups in total.